The molecule has 0 heterocycles. The van der Waals surface area contributed by atoms with Crippen molar-refractivity contribution in [2.45, 2.75) is 129 Å². The smallest absolute Gasteiger partial charge is 0.293 e. The third-order valence-electron chi connectivity index (χ3n) is 6.48. The Balaban J connectivity index is 3.87. The SMILES string of the molecule is C=C(O)CCCCCCCCCCCCCC/C=C\C/C=C\C[C@H](/C=C/C=C/C=C=C(C/C=C\CC)OI)OC=O. The summed E-state index contributed by atoms with van der Waals surface area (Å²) < 4.78 is 10.4. The molecule has 0 aromatic carbocycles. The molecule has 230 valence electrons. The Morgan fingerprint density at radius 3 is 2.07 bits per heavy atom. The van der Waals surface area contributed by atoms with Crippen LogP contribution in [-0.4, -0.2) is 17.7 Å². The molecule has 4 nitrogen and oxygen atoms in total. The molecule has 0 radical (unpaired) electrons. The second kappa shape index (κ2) is 32.3. The van der Waals surface area contributed by atoms with Gasteiger partial charge in [-0.15, -0.1) is 0 Å². The van der Waals surface area contributed by atoms with Crippen LogP contribution < -0.4 is 0 Å². The first kappa shape index (κ1) is 38.8. The van der Waals surface area contributed by atoms with E-state index in [0.717, 1.165) is 44.3 Å². The minimum atomic E-state index is -0.270. The quantitative estimate of drug-likeness (QED) is 0.0170. The Hall–Kier alpha value is -2.24. The Morgan fingerprint density at radius 1 is 0.829 bits per heavy atom. The highest BCUT2D eigenvalue weighted by Gasteiger charge is 2.00. The molecule has 0 aromatic heterocycles. The summed E-state index contributed by atoms with van der Waals surface area (Å²) >= 11 is 1.87. The zero-order valence-corrected chi connectivity index (χ0v) is 27.6. The van der Waals surface area contributed by atoms with Crippen LogP contribution in [-0.2, 0) is 12.6 Å². The van der Waals surface area contributed by atoms with Crippen LogP contribution in [0.25, 0.3) is 0 Å². The van der Waals surface area contributed by atoms with E-state index in [1.807, 2.05) is 53.4 Å². The van der Waals surface area contributed by atoms with E-state index in [4.69, 9.17) is 12.9 Å². The van der Waals surface area contributed by atoms with E-state index in [1.54, 1.807) is 0 Å². The number of aliphatic hydroxyl groups is 1. The van der Waals surface area contributed by atoms with Gasteiger partial charge >= 0.3 is 0 Å². The lowest BCUT2D eigenvalue weighted by molar-refractivity contribution is -0.131. The van der Waals surface area contributed by atoms with Gasteiger partial charge in [-0.05, 0) is 44.3 Å². The molecular formula is C36H55IO4. The normalized spacial score (nSPS) is 12.5. The third kappa shape index (κ3) is 30.5. The first-order valence-electron chi connectivity index (χ1n) is 15.6. The van der Waals surface area contributed by atoms with Gasteiger partial charge in [0, 0.05) is 19.3 Å². The maximum atomic E-state index is 10.8. The van der Waals surface area contributed by atoms with Crippen molar-refractivity contribution in [2.24, 2.45) is 0 Å². The maximum absolute atomic E-state index is 10.8. The highest BCUT2D eigenvalue weighted by Crippen LogP contribution is 2.14. The van der Waals surface area contributed by atoms with Crippen molar-refractivity contribution in [1.29, 1.82) is 0 Å². The molecule has 0 bridgehead atoms. The van der Waals surface area contributed by atoms with Crippen molar-refractivity contribution < 1.29 is 17.7 Å². The molecule has 1 N–H and O–H groups in total. The lowest BCUT2D eigenvalue weighted by atomic mass is 10.0. The average molecular weight is 679 g/mol. The molecule has 0 fully saturated rings. The van der Waals surface area contributed by atoms with Crippen LogP contribution in [0, 0.1) is 0 Å². The molecule has 0 rings (SSSR count). The fourth-order valence-electron chi connectivity index (χ4n) is 4.15. The fraction of sp³-hybridized carbons (Fsp3) is 0.556. The van der Waals surface area contributed by atoms with Gasteiger partial charge in [0.2, 0.25) is 0 Å². The lowest BCUT2D eigenvalue weighted by Crippen LogP contribution is -2.06. The van der Waals surface area contributed by atoms with E-state index in [-0.39, 0.29) is 6.10 Å². The van der Waals surface area contributed by atoms with Crippen LogP contribution in [0.15, 0.2) is 90.7 Å². The molecule has 5 heteroatoms. The van der Waals surface area contributed by atoms with E-state index in [1.165, 1.54) is 70.6 Å². The standard InChI is InChI=1S/C36H55IO4/c1-3-4-23-31-36(41-37)32-27-22-21-26-30-35(40-33-38)29-25-20-18-16-14-12-10-8-6-5-7-9-11-13-15-17-19-24-28-34(2)39/h4,14,16,20-23,25-27,30,33,35,39H,2-3,5-13,15,17-19,24,28-29,31H2,1H3/b16-14-,22-21+,23-4-,25-20-,30-26+/t32?,35-/m1/s1. The number of halogens is 1. The summed E-state index contributed by atoms with van der Waals surface area (Å²) in [5.41, 5.74) is 3.11. The van der Waals surface area contributed by atoms with Crippen molar-refractivity contribution in [3.05, 3.63) is 90.7 Å². The van der Waals surface area contributed by atoms with Crippen molar-refractivity contribution in [1.82, 2.24) is 0 Å². The number of allylic oxidation sites excluding steroid dienone is 9. The molecule has 0 amide bonds. The van der Waals surface area contributed by atoms with Crippen molar-refractivity contribution >= 4 is 29.5 Å². The van der Waals surface area contributed by atoms with Gasteiger partial charge in [0.1, 0.15) is 6.10 Å². The van der Waals surface area contributed by atoms with Gasteiger partial charge < -0.3 is 12.9 Å². The molecule has 0 aliphatic heterocycles. The summed E-state index contributed by atoms with van der Waals surface area (Å²) in [6.07, 6.45) is 42.7. The first-order valence-corrected chi connectivity index (χ1v) is 16.5. The third-order valence-corrected chi connectivity index (χ3v) is 7.01. The minimum absolute atomic E-state index is 0.270. The van der Waals surface area contributed by atoms with Gasteiger partial charge in [0.15, 0.2) is 28.8 Å². The monoisotopic (exact) mass is 678 g/mol. The average Bonchev–Trinajstić information content (AvgIpc) is 2.96. The summed E-state index contributed by atoms with van der Waals surface area (Å²) in [5.74, 6) is 1.10. The number of hydrogen-bond acceptors (Lipinski definition) is 4. The van der Waals surface area contributed by atoms with Gasteiger partial charge in [-0.25, -0.2) is 0 Å². The van der Waals surface area contributed by atoms with Crippen LogP contribution in [0.5, 0.6) is 0 Å². The van der Waals surface area contributed by atoms with Crippen LogP contribution in [0.1, 0.15) is 122 Å². The number of rotatable bonds is 28. The molecular weight excluding hydrogens is 623 g/mol. The van der Waals surface area contributed by atoms with E-state index in [9.17, 15) is 4.79 Å². The van der Waals surface area contributed by atoms with Crippen molar-refractivity contribution in [3.63, 3.8) is 0 Å². The summed E-state index contributed by atoms with van der Waals surface area (Å²) in [6, 6.07) is 0. The first-order chi connectivity index (χ1) is 20.1. The molecule has 0 unspecified atom stereocenters. The van der Waals surface area contributed by atoms with Crippen LogP contribution in [0.3, 0.4) is 0 Å². The fourth-order valence-corrected chi connectivity index (χ4v) is 4.45. The van der Waals surface area contributed by atoms with Crippen LogP contribution >= 0.6 is 23.0 Å². The Morgan fingerprint density at radius 2 is 1.46 bits per heavy atom. The molecule has 0 aromatic rings. The Bertz CT molecular complexity index is 844. The molecule has 0 saturated heterocycles. The molecule has 0 saturated carbocycles. The predicted molar refractivity (Wildman–Crippen MR) is 184 cm³/mol. The van der Waals surface area contributed by atoms with Gasteiger partial charge in [-0.3, -0.25) is 4.79 Å². The highest BCUT2D eigenvalue weighted by molar-refractivity contribution is 14.1. The van der Waals surface area contributed by atoms with Gasteiger partial charge in [-0.2, -0.15) is 0 Å². The largest absolute Gasteiger partial charge is 0.513 e. The minimum Gasteiger partial charge on any atom is -0.513 e. The van der Waals surface area contributed by atoms with E-state index >= 15 is 0 Å². The van der Waals surface area contributed by atoms with Crippen LogP contribution in [0.2, 0.25) is 0 Å². The van der Waals surface area contributed by atoms with Crippen molar-refractivity contribution in [3.8, 4) is 0 Å². The number of hydrogen-bond donors (Lipinski definition) is 1. The molecule has 41 heavy (non-hydrogen) atoms. The van der Waals surface area contributed by atoms with Crippen molar-refractivity contribution in [2.75, 3.05) is 0 Å². The number of carbonyl (C=O) groups excluding carboxylic acids is 1. The Labute approximate surface area is 265 Å². The summed E-state index contributed by atoms with van der Waals surface area (Å²) in [6.45, 7) is 6.14. The maximum Gasteiger partial charge on any atom is 0.293 e. The van der Waals surface area contributed by atoms with Crippen LogP contribution in [0.4, 0.5) is 0 Å². The van der Waals surface area contributed by atoms with Gasteiger partial charge in [-0.1, -0.05) is 138 Å². The topological polar surface area (TPSA) is 55.8 Å². The number of unbranched alkanes of at least 4 members (excludes halogenated alkanes) is 12. The van der Waals surface area contributed by atoms with Gasteiger partial charge in [0.25, 0.3) is 6.47 Å². The lowest BCUT2D eigenvalue weighted by Gasteiger charge is -2.06. The predicted octanol–water partition coefficient (Wildman–Crippen LogP) is 11.8. The molecule has 0 aliphatic carbocycles. The molecule has 0 aliphatic rings. The summed E-state index contributed by atoms with van der Waals surface area (Å²) in [4.78, 5) is 10.8. The summed E-state index contributed by atoms with van der Waals surface area (Å²) in [7, 11) is 0. The Kier molecular flexibility index (Phi) is 30.5. The second-order valence-electron chi connectivity index (χ2n) is 10.2. The zero-order chi connectivity index (χ0) is 30.1. The molecule has 0 spiro atoms. The van der Waals surface area contributed by atoms with E-state index < -0.39 is 0 Å². The second-order valence-corrected chi connectivity index (χ2v) is 10.6. The highest BCUT2D eigenvalue weighted by atomic mass is 127. The zero-order valence-electron chi connectivity index (χ0n) is 25.5. The number of ether oxygens (including phenoxy) is 1. The van der Waals surface area contributed by atoms with Gasteiger partial charge in [0.05, 0.1) is 5.76 Å². The summed E-state index contributed by atoms with van der Waals surface area (Å²) in [5, 5.41) is 9.07. The number of aliphatic hydroxyl groups excluding tert-OH is 1. The number of carbonyl (C=O) groups is 1. The molecule has 1 atom stereocenters. The van der Waals surface area contributed by atoms with E-state index in [0.29, 0.717) is 18.7 Å². The van der Waals surface area contributed by atoms with E-state index in [2.05, 4.69) is 55.7 Å².